The number of benzene rings is 2. The summed E-state index contributed by atoms with van der Waals surface area (Å²) in [5.41, 5.74) is 2.08. The third-order valence-corrected chi connectivity index (χ3v) is 6.53. The lowest BCUT2D eigenvalue weighted by atomic mass is 9.94. The van der Waals surface area contributed by atoms with Gasteiger partial charge in [-0.1, -0.05) is 55.1 Å². The molecule has 2 aliphatic rings. The fourth-order valence-corrected chi connectivity index (χ4v) is 4.67. The van der Waals surface area contributed by atoms with Crippen molar-refractivity contribution in [3.05, 3.63) is 70.4 Å². The van der Waals surface area contributed by atoms with Crippen LogP contribution in [-0.2, 0) is 16.1 Å². The van der Waals surface area contributed by atoms with E-state index in [4.69, 9.17) is 16.3 Å². The van der Waals surface area contributed by atoms with Crippen LogP contribution in [0.4, 0.5) is 5.69 Å². The Kier molecular flexibility index (Phi) is 7.76. The minimum atomic E-state index is -0.417. The second-order valence-corrected chi connectivity index (χ2v) is 9.51. The molecule has 1 saturated carbocycles. The van der Waals surface area contributed by atoms with E-state index in [-0.39, 0.29) is 34.7 Å². The van der Waals surface area contributed by atoms with Crippen LogP contribution in [0.1, 0.15) is 61.9 Å². The number of amides is 3. The third kappa shape index (κ3) is 5.68. The molecule has 1 fully saturated rings. The van der Waals surface area contributed by atoms with Gasteiger partial charge in [0.25, 0.3) is 17.7 Å². The quantitative estimate of drug-likeness (QED) is 0.505. The monoisotopic (exact) mass is 495 g/mol. The normalized spacial score (nSPS) is 16.7. The Morgan fingerprint density at radius 2 is 1.71 bits per heavy atom. The Balaban J connectivity index is 1.37. The van der Waals surface area contributed by atoms with Crippen molar-refractivity contribution in [2.45, 2.75) is 64.6 Å². The summed E-state index contributed by atoms with van der Waals surface area (Å²) in [6, 6.07) is 14.2. The Morgan fingerprint density at radius 3 is 2.40 bits per heavy atom. The van der Waals surface area contributed by atoms with Crippen molar-refractivity contribution in [2.75, 3.05) is 5.32 Å². The number of halogens is 1. The lowest BCUT2D eigenvalue weighted by Gasteiger charge is -2.29. The highest BCUT2D eigenvalue weighted by Gasteiger charge is 2.41. The number of anilines is 1. The molecule has 2 aromatic rings. The molecule has 0 saturated heterocycles. The average Bonchev–Trinajstić information content (AvgIpc) is 3.07. The van der Waals surface area contributed by atoms with E-state index in [1.165, 1.54) is 4.90 Å². The molecule has 1 heterocycles. The van der Waals surface area contributed by atoms with Crippen LogP contribution in [-0.4, -0.2) is 34.8 Å². The average molecular weight is 496 g/mol. The van der Waals surface area contributed by atoms with Gasteiger partial charge >= 0.3 is 0 Å². The van der Waals surface area contributed by atoms with E-state index in [9.17, 15) is 14.4 Å². The lowest BCUT2D eigenvalue weighted by molar-refractivity contribution is -0.140. The fourth-order valence-electron chi connectivity index (χ4n) is 4.43. The first kappa shape index (κ1) is 24.8. The van der Waals surface area contributed by atoms with Crippen LogP contribution in [0.25, 0.3) is 0 Å². The Bertz CT molecular complexity index is 1140. The maximum atomic E-state index is 12.9. The highest BCUT2D eigenvalue weighted by Crippen LogP contribution is 2.31. The van der Waals surface area contributed by atoms with Crippen molar-refractivity contribution in [1.29, 1.82) is 0 Å². The fraction of sp³-hybridized carbons (Fsp3) is 0.370. The van der Waals surface area contributed by atoms with Crippen molar-refractivity contribution in [3.63, 3.8) is 0 Å². The van der Waals surface area contributed by atoms with Gasteiger partial charge < -0.3 is 15.4 Å². The van der Waals surface area contributed by atoms with Crippen LogP contribution in [0.3, 0.4) is 0 Å². The van der Waals surface area contributed by atoms with Gasteiger partial charge in [-0.15, -0.1) is 0 Å². The summed E-state index contributed by atoms with van der Waals surface area (Å²) in [5.74, 6) is -0.417. The molecule has 2 N–H and O–H groups in total. The van der Waals surface area contributed by atoms with Crippen LogP contribution in [0, 0.1) is 0 Å². The molecule has 0 atom stereocenters. The van der Waals surface area contributed by atoms with Crippen LogP contribution in [0.5, 0.6) is 5.75 Å². The molecular weight excluding hydrogens is 466 g/mol. The molecule has 2 aromatic carbocycles. The number of imide groups is 1. The Morgan fingerprint density at radius 1 is 1.03 bits per heavy atom. The minimum Gasteiger partial charge on any atom is -0.489 e. The summed E-state index contributed by atoms with van der Waals surface area (Å²) < 4.78 is 5.76. The third-order valence-electron chi connectivity index (χ3n) is 6.18. The summed E-state index contributed by atoms with van der Waals surface area (Å²) in [4.78, 5) is 39.6. The van der Waals surface area contributed by atoms with Gasteiger partial charge in [0.05, 0.1) is 11.8 Å². The van der Waals surface area contributed by atoms with Gasteiger partial charge in [0.2, 0.25) is 0 Å². The van der Waals surface area contributed by atoms with Gasteiger partial charge in [-0.25, -0.2) is 0 Å². The minimum absolute atomic E-state index is 0.0137. The zero-order chi connectivity index (χ0) is 24.9. The van der Waals surface area contributed by atoms with Gasteiger partial charge in [0, 0.05) is 18.2 Å². The van der Waals surface area contributed by atoms with E-state index in [1.54, 1.807) is 30.3 Å². The predicted molar refractivity (Wildman–Crippen MR) is 135 cm³/mol. The second kappa shape index (κ2) is 11.0. The zero-order valence-electron chi connectivity index (χ0n) is 20.0. The number of nitrogens with zero attached hydrogens (tertiary/aromatic N) is 1. The predicted octanol–water partition coefficient (Wildman–Crippen LogP) is 4.97. The molecule has 0 radical (unpaired) electrons. The molecule has 0 bridgehead atoms. The van der Waals surface area contributed by atoms with Gasteiger partial charge in [-0.05, 0) is 56.5 Å². The van der Waals surface area contributed by atoms with Crippen LogP contribution in [0.15, 0.2) is 59.3 Å². The maximum Gasteiger partial charge on any atom is 0.278 e. The van der Waals surface area contributed by atoms with Crippen molar-refractivity contribution in [2.24, 2.45) is 0 Å². The van der Waals surface area contributed by atoms with Gasteiger partial charge in [0.15, 0.2) is 0 Å². The number of ether oxygens (including phenoxy) is 1. The van der Waals surface area contributed by atoms with Gasteiger partial charge in [-0.3, -0.25) is 19.3 Å². The molecule has 0 aromatic heterocycles. The number of rotatable bonds is 8. The molecule has 4 rings (SSSR count). The van der Waals surface area contributed by atoms with Crippen molar-refractivity contribution >= 4 is 35.0 Å². The Hall–Kier alpha value is -3.32. The summed E-state index contributed by atoms with van der Waals surface area (Å²) in [6.07, 6.45) is 4.79. The number of carbonyl (C=O) groups excluding carboxylic acids is 3. The second-order valence-electron chi connectivity index (χ2n) is 9.13. The standard InChI is InChI=1S/C27H30ClN3O4/c1-17(2)35-22-11-7-6-10-21(22)30-25(32)19-14-12-18(13-15-19)16-29-24-23(28)26(33)31(27(24)34)20-8-4-3-5-9-20/h6-7,10-15,17,20,29H,3-5,8-9,16H2,1-2H3,(H,30,32). The van der Waals surface area contributed by atoms with Crippen LogP contribution < -0.4 is 15.4 Å². The SMILES string of the molecule is CC(C)Oc1ccccc1NC(=O)c1ccc(CNC2=C(Cl)C(=O)N(C3CCCCC3)C2=O)cc1. The molecule has 184 valence electrons. The molecule has 1 aliphatic carbocycles. The summed E-state index contributed by atoms with van der Waals surface area (Å²) >= 11 is 6.23. The number of hydrogen-bond acceptors (Lipinski definition) is 5. The van der Waals surface area contributed by atoms with Crippen molar-refractivity contribution in [3.8, 4) is 5.75 Å². The molecule has 7 nitrogen and oxygen atoms in total. The first-order valence-electron chi connectivity index (χ1n) is 12.0. The topological polar surface area (TPSA) is 87.7 Å². The van der Waals surface area contributed by atoms with Crippen molar-refractivity contribution in [1.82, 2.24) is 10.2 Å². The van der Waals surface area contributed by atoms with Crippen LogP contribution >= 0.6 is 11.6 Å². The number of carbonyl (C=O) groups is 3. The van der Waals surface area contributed by atoms with E-state index in [2.05, 4.69) is 10.6 Å². The summed E-state index contributed by atoms with van der Waals surface area (Å²) in [5, 5.41) is 5.86. The smallest absolute Gasteiger partial charge is 0.278 e. The summed E-state index contributed by atoms with van der Waals surface area (Å²) in [6.45, 7) is 4.16. The highest BCUT2D eigenvalue weighted by atomic mass is 35.5. The molecule has 0 spiro atoms. The van der Waals surface area contributed by atoms with E-state index in [1.807, 2.05) is 32.0 Å². The maximum absolute atomic E-state index is 12.9. The molecular formula is C27H30ClN3O4. The summed E-state index contributed by atoms with van der Waals surface area (Å²) in [7, 11) is 0. The van der Waals surface area contributed by atoms with E-state index in [0.717, 1.165) is 37.7 Å². The Labute approximate surface area is 210 Å². The van der Waals surface area contributed by atoms with Crippen LogP contribution in [0.2, 0.25) is 0 Å². The van der Waals surface area contributed by atoms with Crippen molar-refractivity contribution < 1.29 is 19.1 Å². The first-order chi connectivity index (χ1) is 16.8. The van der Waals surface area contributed by atoms with Gasteiger partial charge in [-0.2, -0.15) is 0 Å². The van der Waals surface area contributed by atoms with E-state index in [0.29, 0.717) is 23.5 Å². The number of para-hydroxylation sites is 2. The lowest BCUT2D eigenvalue weighted by Crippen LogP contribution is -2.43. The molecule has 1 aliphatic heterocycles. The number of nitrogens with one attached hydrogen (secondary N) is 2. The molecule has 8 heteroatoms. The zero-order valence-corrected chi connectivity index (χ0v) is 20.7. The van der Waals surface area contributed by atoms with Gasteiger partial charge in [0.1, 0.15) is 16.5 Å². The van der Waals surface area contributed by atoms with E-state index < -0.39 is 5.91 Å². The first-order valence-corrected chi connectivity index (χ1v) is 12.4. The number of hydrogen-bond donors (Lipinski definition) is 2. The molecule has 0 unspecified atom stereocenters. The molecule has 3 amide bonds. The van der Waals surface area contributed by atoms with E-state index >= 15 is 0 Å². The molecule has 35 heavy (non-hydrogen) atoms. The largest absolute Gasteiger partial charge is 0.489 e. The highest BCUT2D eigenvalue weighted by molar-refractivity contribution is 6.47.